The lowest BCUT2D eigenvalue weighted by molar-refractivity contribution is -0.126. The first kappa shape index (κ1) is 21.0. The van der Waals surface area contributed by atoms with E-state index in [4.69, 9.17) is 4.74 Å². The smallest absolute Gasteiger partial charge is 0.387 e. The van der Waals surface area contributed by atoms with Crippen LogP contribution in [0.5, 0.6) is 11.5 Å². The minimum Gasteiger partial charge on any atom is -0.493 e. The number of alkyl halides is 2. The van der Waals surface area contributed by atoms with Gasteiger partial charge in [-0.25, -0.2) is 4.39 Å². The molecule has 1 aliphatic rings. The molecule has 0 radical (unpaired) electrons. The standard InChI is InChI=1S/C22H24F3NO3/c1-28-18-8-7-15(13-19(18)29-21(24)25)9-12-26-20(27)22(10-2-3-11-22)16-5-4-6-17(23)14-16/h4-8,13-14,21H,2-3,9-12H2,1H3,(H,26,27). The number of halogens is 3. The lowest BCUT2D eigenvalue weighted by Gasteiger charge is -2.28. The van der Waals surface area contributed by atoms with E-state index in [9.17, 15) is 18.0 Å². The van der Waals surface area contributed by atoms with Gasteiger partial charge in [0.1, 0.15) is 5.82 Å². The number of rotatable bonds is 8. The Kier molecular flexibility index (Phi) is 6.67. The molecule has 0 bridgehead atoms. The Balaban J connectivity index is 1.67. The molecule has 0 spiro atoms. The van der Waals surface area contributed by atoms with E-state index in [1.165, 1.54) is 25.3 Å². The second-order valence-corrected chi connectivity index (χ2v) is 7.17. The van der Waals surface area contributed by atoms with Crippen molar-refractivity contribution in [2.45, 2.75) is 44.1 Å². The Hall–Kier alpha value is -2.70. The average Bonchev–Trinajstić information content (AvgIpc) is 3.19. The molecule has 0 aromatic heterocycles. The maximum Gasteiger partial charge on any atom is 0.387 e. The van der Waals surface area contributed by atoms with Gasteiger partial charge in [-0.1, -0.05) is 31.0 Å². The van der Waals surface area contributed by atoms with Gasteiger partial charge >= 0.3 is 6.61 Å². The Morgan fingerprint density at radius 3 is 2.55 bits per heavy atom. The van der Waals surface area contributed by atoms with Crippen LogP contribution in [-0.4, -0.2) is 26.2 Å². The number of carbonyl (C=O) groups is 1. The van der Waals surface area contributed by atoms with E-state index in [-0.39, 0.29) is 23.2 Å². The number of benzene rings is 2. The van der Waals surface area contributed by atoms with Crippen LogP contribution in [0, 0.1) is 5.82 Å². The fourth-order valence-corrected chi connectivity index (χ4v) is 3.97. The van der Waals surface area contributed by atoms with Gasteiger partial charge in [0.2, 0.25) is 5.91 Å². The number of ether oxygens (including phenoxy) is 2. The van der Waals surface area contributed by atoms with E-state index in [1.54, 1.807) is 24.3 Å². The predicted octanol–water partition coefficient (Wildman–Crippen LogP) is 4.61. The van der Waals surface area contributed by atoms with Crippen LogP contribution in [0.3, 0.4) is 0 Å². The zero-order chi connectivity index (χ0) is 20.9. The maximum atomic E-state index is 13.7. The van der Waals surface area contributed by atoms with Crippen LogP contribution in [0.15, 0.2) is 42.5 Å². The predicted molar refractivity (Wildman–Crippen MR) is 103 cm³/mol. The van der Waals surface area contributed by atoms with Gasteiger partial charge in [0.25, 0.3) is 0 Å². The van der Waals surface area contributed by atoms with E-state index in [2.05, 4.69) is 10.1 Å². The van der Waals surface area contributed by atoms with Crippen LogP contribution in [0.2, 0.25) is 0 Å². The van der Waals surface area contributed by atoms with Gasteiger partial charge in [-0.05, 0) is 54.7 Å². The summed E-state index contributed by atoms with van der Waals surface area (Å²) in [6, 6.07) is 11.0. The van der Waals surface area contributed by atoms with Crippen LogP contribution in [0.4, 0.5) is 13.2 Å². The molecule has 156 valence electrons. The van der Waals surface area contributed by atoms with Gasteiger partial charge in [0.05, 0.1) is 12.5 Å². The molecular weight excluding hydrogens is 383 g/mol. The summed E-state index contributed by atoms with van der Waals surface area (Å²) in [5.41, 5.74) is 0.712. The van der Waals surface area contributed by atoms with Crippen molar-refractivity contribution in [3.05, 3.63) is 59.4 Å². The van der Waals surface area contributed by atoms with E-state index < -0.39 is 12.0 Å². The zero-order valence-electron chi connectivity index (χ0n) is 16.2. The van der Waals surface area contributed by atoms with Crippen molar-refractivity contribution in [2.75, 3.05) is 13.7 Å². The highest BCUT2D eigenvalue weighted by Crippen LogP contribution is 2.41. The molecule has 0 saturated heterocycles. The maximum absolute atomic E-state index is 13.7. The van der Waals surface area contributed by atoms with Crippen LogP contribution >= 0.6 is 0 Å². The molecule has 0 unspecified atom stereocenters. The first-order valence-corrected chi connectivity index (χ1v) is 9.61. The molecular formula is C22H24F3NO3. The first-order chi connectivity index (χ1) is 13.9. The summed E-state index contributed by atoms with van der Waals surface area (Å²) in [4.78, 5) is 13.0. The molecule has 29 heavy (non-hydrogen) atoms. The topological polar surface area (TPSA) is 47.6 Å². The first-order valence-electron chi connectivity index (χ1n) is 9.61. The van der Waals surface area contributed by atoms with Crippen molar-refractivity contribution in [3.8, 4) is 11.5 Å². The number of amides is 1. The molecule has 2 aromatic rings. The highest BCUT2D eigenvalue weighted by atomic mass is 19.3. The summed E-state index contributed by atoms with van der Waals surface area (Å²) in [5, 5.41) is 2.94. The van der Waals surface area contributed by atoms with Gasteiger partial charge in [-0.2, -0.15) is 8.78 Å². The van der Waals surface area contributed by atoms with Crippen molar-refractivity contribution >= 4 is 5.91 Å². The van der Waals surface area contributed by atoms with E-state index in [0.29, 0.717) is 31.4 Å². The van der Waals surface area contributed by atoms with E-state index in [0.717, 1.165) is 18.4 Å². The number of carbonyl (C=O) groups excluding carboxylic acids is 1. The number of nitrogens with one attached hydrogen (secondary N) is 1. The number of hydrogen-bond donors (Lipinski definition) is 1. The second-order valence-electron chi connectivity index (χ2n) is 7.17. The Morgan fingerprint density at radius 1 is 1.14 bits per heavy atom. The van der Waals surface area contributed by atoms with Crippen molar-refractivity contribution in [2.24, 2.45) is 0 Å². The van der Waals surface area contributed by atoms with Crippen molar-refractivity contribution in [3.63, 3.8) is 0 Å². The molecule has 0 atom stereocenters. The zero-order valence-corrected chi connectivity index (χ0v) is 16.2. The average molecular weight is 407 g/mol. The lowest BCUT2D eigenvalue weighted by Crippen LogP contribution is -2.43. The third kappa shape index (κ3) is 4.83. The quantitative estimate of drug-likeness (QED) is 0.695. The lowest BCUT2D eigenvalue weighted by atomic mass is 9.78. The molecule has 1 fully saturated rings. The van der Waals surface area contributed by atoms with Crippen molar-refractivity contribution in [1.29, 1.82) is 0 Å². The number of hydrogen-bond acceptors (Lipinski definition) is 3. The summed E-state index contributed by atoms with van der Waals surface area (Å²) in [7, 11) is 1.38. The Bertz CT molecular complexity index is 851. The summed E-state index contributed by atoms with van der Waals surface area (Å²) in [6.07, 6.45) is 3.62. The fraction of sp³-hybridized carbons (Fsp3) is 0.409. The van der Waals surface area contributed by atoms with Crippen LogP contribution in [0.1, 0.15) is 36.8 Å². The summed E-state index contributed by atoms with van der Waals surface area (Å²) in [5.74, 6) is -0.308. The van der Waals surface area contributed by atoms with E-state index in [1.807, 2.05) is 0 Å². The second kappa shape index (κ2) is 9.20. The van der Waals surface area contributed by atoms with Crippen LogP contribution in [-0.2, 0) is 16.6 Å². The molecule has 1 aliphatic carbocycles. The van der Waals surface area contributed by atoms with Gasteiger partial charge in [0.15, 0.2) is 11.5 Å². The normalized spacial score (nSPS) is 15.3. The molecule has 0 heterocycles. The molecule has 7 heteroatoms. The van der Waals surface area contributed by atoms with Gasteiger partial charge in [-0.3, -0.25) is 4.79 Å². The number of methoxy groups -OCH3 is 1. The molecule has 2 aromatic carbocycles. The third-order valence-electron chi connectivity index (χ3n) is 5.41. The SMILES string of the molecule is COc1ccc(CCNC(=O)C2(c3cccc(F)c3)CCCC2)cc1OC(F)F. The molecule has 3 rings (SSSR count). The highest BCUT2D eigenvalue weighted by molar-refractivity contribution is 5.88. The molecule has 1 N–H and O–H groups in total. The van der Waals surface area contributed by atoms with Crippen LogP contribution in [0.25, 0.3) is 0 Å². The van der Waals surface area contributed by atoms with Crippen molar-refractivity contribution in [1.82, 2.24) is 5.32 Å². The molecule has 0 aliphatic heterocycles. The summed E-state index contributed by atoms with van der Waals surface area (Å²) < 4.78 is 48.4. The van der Waals surface area contributed by atoms with Crippen LogP contribution < -0.4 is 14.8 Å². The molecule has 1 saturated carbocycles. The van der Waals surface area contributed by atoms with Crippen molar-refractivity contribution < 1.29 is 27.4 Å². The highest BCUT2D eigenvalue weighted by Gasteiger charge is 2.42. The monoisotopic (exact) mass is 407 g/mol. The minimum absolute atomic E-state index is 0.0432. The third-order valence-corrected chi connectivity index (χ3v) is 5.41. The summed E-state index contributed by atoms with van der Waals surface area (Å²) in [6.45, 7) is -2.62. The van der Waals surface area contributed by atoms with Gasteiger partial charge in [0, 0.05) is 6.54 Å². The Morgan fingerprint density at radius 2 is 1.90 bits per heavy atom. The van der Waals surface area contributed by atoms with Gasteiger partial charge in [-0.15, -0.1) is 0 Å². The minimum atomic E-state index is -2.95. The molecule has 1 amide bonds. The fourth-order valence-electron chi connectivity index (χ4n) is 3.97. The van der Waals surface area contributed by atoms with E-state index >= 15 is 0 Å². The van der Waals surface area contributed by atoms with Gasteiger partial charge < -0.3 is 14.8 Å². The molecule has 4 nitrogen and oxygen atoms in total. The Labute approximate surface area is 168 Å². The largest absolute Gasteiger partial charge is 0.493 e. The summed E-state index contributed by atoms with van der Waals surface area (Å²) >= 11 is 0.